The van der Waals surface area contributed by atoms with Gasteiger partial charge in [-0.05, 0) is 61.5 Å². The van der Waals surface area contributed by atoms with E-state index in [4.69, 9.17) is 20.1 Å². The molecule has 0 spiro atoms. The minimum Gasteiger partial charge on any atom is -0.231 e. The second kappa shape index (κ2) is 14.2. The standard InChI is InChI=1S/C56H35N5/c1-4-17-36(18-5-1)50-35-39-23-10-11-26-43(39)53-51(37-19-6-2-7-20-37)52(60-61(50)53)40-24-16-25-41(33-40)55-57-54(38-21-8-3-9-22-38)58-56(59-55)42-31-32-48-46-29-13-12-27-44(46)45-28-14-15-30-47(45)49(48)34-42/h1-35H. The van der Waals surface area contributed by atoms with Crippen LogP contribution in [-0.4, -0.2) is 24.6 Å². The Morgan fingerprint density at radius 3 is 1.39 bits per heavy atom. The molecule has 0 aliphatic rings. The van der Waals surface area contributed by atoms with E-state index in [1.54, 1.807) is 0 Å². The summed E-state index contributed by atoms with van der Waals surface area (Å²) in [7, 11) is 0. The molecule has 0 aliphatic heterocycles. The third-order valence-corrected chi connectivity index (χ3v) is 11.8. The van der Waals surface area contributed by atoms with Crippen LogP contribution in [0.15, 0.2) is 212 Å². The van der Waals surface area contributed by atoms with E-state index in [1.165, 1.54) is 32.3 Å². The van der Waals surface area contributed by atoms with Crippen LogP contribution in [0.1, 0.15) is 0 Å². The van der Waals surface area contributed by atoms with Gasteiger partial charge in [0, 0.05) is 38.8 Å². The smallest absolute Gasteiger partial charge is 0.164 e. The highest BCUT2D eigenvalue weighted by Crippen LogP contribution is 2.42. The van der Waals surface area contributed by atoms with Gasteiger partial charge in [-0.2, -0.15) is 5.10 Å². The van der Waals surface area contributed by atoms with Gasteiger partial charge in [0.15, 0.2) is 17.5 Å². The summed E-state index contributed by atoms with van der Waals surface area (Å²) in [5.41, 5.74) is 9.94. The molecule has 9 aromatic carbocycles. The van der Waals surface area contributed by atoms with Crippen molar-refractivity contribution in [3.8, 4) is 67.8 Å². The zero-order chi connectivity index (χ0) is 40.3. The quantitative estimate of drug-likeness (QED) is 0.158. The number of fused-ring (bicyclic) bond motifs is 9. The van der Waals surface area contributed by atoms with Crippen molar-refractivity contribution in [2.24, 2.45) is 0 Å². The van der Waals surface area contributed by atoms with Gasteiger partial charge in [0.1, 0.15) is 5.69 Å². The Bertz CT molecular complexity index is 3600. The van der Waals surface area contributed by atoms with Crippen LogP contribution in [0.2, 0.25) is 0 Å². The number of nitrogens with zero attached hydrogens (tertiary/aromatic N) is 5. The van der Waals surface area contributed by atoms with E-state index in [0.717, 1.165) is 66.6 Å². The Labute approximate surface area is 351 Å². The average Bonchev–Trinajstić information content (AvgIpc) is 3.76. The summed E-state index contributed by atoms with van der Waals surface area (Å²) in [4.78, 5) is 15.6. The van der Waals surface area contributed by atoms with Crippen molar-refractivity contribution >= 4 is 48.6 Å². The maximum absolute atomic E-state index is 5.49. The fourth-order valence-electron chi connectivity index (χ4n) is 8.99. The zero-order valence-corrected chi connectivity index (χ0v) is 32.9. The maximum atomic E-state index is 5.49. The predicted octanol–water partition coefficient (Wildman–Crippen LogP) is 14.1. The number of hydrogen-bond acceptors (Lipinski definition) is 4. The monoisotopic (exact) mass is 777 g/mol. The molecular weight excluding hydrogens is 743 g/mol. The Morgan fingerprint density at radius 2 is 0.754 bits per heavy atom. The largest absolute Gasteiger partial charge is 0.231 e. The van der Waals surface area contributed by atoms with E-state index in [9.17, 15) is 0 Å². The van der Waals surface area contributed by atoms with Crippen LogP contribution < -0.4 is 0 Å². The summed E-state index contributed by atoms with van der Waals surface area (Å²) in [6.45, 7) is 0. The molecule has 0 N–H and O–H groups in total. The molecular formula is C56H35N5. The lowest BCUT2D eigenvalue weighted by molar-refractivity contribution is 0.979. The third-order valence-electron chi connectivity index (χ3n) is 11.8. The number of aromatic nitrogens is 5. The molecule has 5 heteroatoms. The second-order valence-electron chi connectivity index (χ2n) is 15.4. The number of benzene rings is 9. The molecule has 0 aliphatic carbocycles. The molecule has 12 aromatic rings. The van der Waals surface area contributed by atoms with Gasteiger partial charge in [-0.15, -0.1) is 0 Å². The molecule has 284 valence electrons. The Balaban J connectivity index is 1.08. The molecule has 3 heterocycles. The van der Waals surface area contributed by atoms with E-state index in [2.05, 4.69) is 199 Å². The molecule has 0 fully saturated rings. The lowest BCUT2D eigenvalue weighted by Crippen LogP contribution is -2.00. The molecule has 61 heavy (non-hydrogen) atoms. The molecule has 0 unspecified atom stereocenters. The lowest BCUT2D eigenvalue weighted by atomic mass is 9.93. The summed E-state index contributed by atoms with van der Waals surface area (Å²) in [6.07, 6.45) is 0. The Kier molecular flexibility index (Phi) is 8.10. The normalized spacial score (nSPS) is 11.6. The SMILES string of the molecule is c1ccc(-c2nc(-c3cccc(-c4nn5c(-c6ccccc6)cc6ccccc6c5c4-c4ccccc4)c3)nc(-c3ccc4c5ccccc5c5ccccc5c4c3)n2)cc1. The van der Waals surface area contributed by atoms with Crippen molar-refractivity contribution in [1.82, 2.24) is 24.6 Å². The number of rotatable bonds is 6. The maximum Gasteiger partial charge on any atom is 0.164 e. The van der Waals surface area contributed by atoms with E-state index in [0.29, 0.717) is 17.5 Å². The van der Waals surface area contributed by atoms with Crippen molar-refractivity contribution in [2.45, 2.75) is 0 Å². The van der Waals surface area contributed by atoms with Gasteiger partial charge in [-0.3, -0.25) is 0 Å². The van der Waals surface area contributed by atoms with E-state index in [1.807, 2.05) is 18.2 Å². The van der Waals surface area contributed by atoms with Crippen molar-refractivity contribution in [2.75, 3.05) is 0 Å². The second-order valence-corrected chi connectivity index (χ2v) is 15.4. The van der Waals surface area contributed by atoms with Gasteiger partial charge in [0.25, 0.3) is 0 Å². The molecule has 3 aromatic heterocycles. The van der Waals surface area contributed by atoms with Crippen LogP contribution in [0.25, 0.3) is 116 Å². The predicted molar refractivity (Wildman–Crippen MR) is 251 cm³/mol. The molecule has 5 nitrogen and oxygen atoms in total. The van der Waals surface area contributed by atoms with Crippen LogP contribution in [0.4, 0.5) is 0 Å². The van der Waals surface area contributed by atoms with Crippen LogP contribution in [0, 0.1) is 0 Å². The molecule has 0 saturated heterocycles. The fourth-order valence-corrected chi connectivity index (χ4v) is 8.99. The summed E-state index contributed by atoms with van der Waals surface area (Å²) in [5.74, 6) is 1.82. The Morgan fingerprint density at radius 1 is 0.295 bits per heavy atom. The first-order valence-electron chi connectivity index (χ1n) is 20.6. The molecule has 0 amide bonds. The van der Waals surface area contributed by atoms with Crippen LogP contribution in [-0.2, 0) is 0 Å². The number of hydrogen-bond donors (Lipinski definition) is 0. The number of pyridine rings is 1. The molecule has 12 rings (SSSR count). The van der Waals surface area contributed by atoms with E-state index in [-0.39, 0.29) is 0 Å². The minimum atomic E-state index is 0.592. The van der Waals surface area contributed by atoms with E-state index < -0.39 is 0 Å². The molecule has 0 bridgehead atoms. The highest BCUT2D eigenvalue weighted by atomic mass is 15.2. The van der Waals surface area contributed by atoms with Crippen molar-refractivity contribution in [3.05, 3.63) is 212 Å². The summed E-state index contributed by atoms with van der Waals surface area (Å²) >= 11 is 0. The van der Waals surface area contributed by atoms with E-state index >= 15 is 0 Å². The van der Waals surface area contributed by atoms with Crippen molar-refractivity contribution in [1.29, 1.82) is 0 Å². The van der Waals surface area contributed by atoms with Crippen molar-refractivity contribution in [3.63, 3.8) is 0 Å². The highest BCUT2D eigenvalue weighted by molar-refractivity contribution is 6.25. The minimum absolute atomic E-state index is 0.592. The average molecular weight is 778 g/mol. The molecule has 0 atom stereocenters. The van der Waals surface area contributed by atoms with Gasteiger partial charge in [-0.1, -0.05) is 194 Å². The van der Waals surface area contributed by atoms with Crippen LogP contribution >= 0.6 is 0 Å². The summed E-state index contributed by atoms with van der Waals surface area (Å²) in [5, 5.41) is 15.1. The molecule has 0 saturated carbocycles. The topological polar surface area (TPSA) is 56.0 Å². The van der Waals surface area contributed by atoms with Gasteiger partial charge in [-0.25, -0.2) is 19.5 Å². The molecule has 0 radical (unpaired) electrons. The first-order chi connectivity index (χ1) is 30.2. The summed E-state index contributed by atoms with van der Waals surface area (Å²) in [6, 6.07) is 74.5. The zero-order valence-electron chi connectivity index (χ0n) is 32.9. The first kappa shape index (κ1) is 34.7. The van der Waals surface area contributed by atoms with Gasteiger partial charge >= 0.3 is 0 Å². The van der Waals surface area contributed by atoms with Gasteiger partial charge in [0.2, 0.25) is 0 Å². The first-order valence-corrected chi connectivity index (χ1v) is 20.6. The van der Waals surface area contributed by atoms with Crippen molar-refractivity contribution < 1.29 is 0 Å². The Hall–Kier alpha value is -8.28. The van der Waals surface area contributed by atoms with Gasteiger partial charge < -0.3 is 0 Å². The lowest BCUT2D eigenvalue weighted by Gasteiger charge is -2.13. The van der Waals surface area contributed by atoms with Crippen LogP contribution in [0.3, 0.4) is 0 Å². The van der Waals surface area contributed by atoms with Crippen LogP contribution in [0.5, 0.6) is 0 Å². The highest BCUT2D eigenvalue weighted by Gasteiger charge is 2.22. The van der Waals surface area contributed by atoms with Gasteiger partial charge in [0.05, 0.1) is 11.2 Å². The summed E-state index contributed by atoms with van der Waals surface area (Å²) < 4.78 is 2.13. The third kappa shape index (κ3) is 5.86. The fraction of sp³-hybridized carbons (Fsp3) is 0.